The Morgan fingerprint density at radius 2 is 2.13 bits per heavy atom. The first kappa shape index (κ1) is 11.7. The summed E-state index contributed by atoms with van der Waals surface area (Å²) in [5, 5.41) is 0.216. The topological polar surface area (TPSA) is 82.3 Å². The van der Waals surface area contributed by atoms with Gasteiger partial charge in [-0.05, 0) is 6.07 Å². The Kier molecular flexibility index (Phi) is 3.88. The number of hydrogen-bond donors (Lipinski definition) is 1. The number of aromatic nitrogens is 1. The van der Waals surface area contributed by atoms with E-state index in [9.17, 15) is 9.59 Å². The molecule has 0 saturated carbocycles. The van der Waals surface area contributed by atoms with E-state index in [-0.39, 0.29) is 15.7 Å². The van der Waals surface area contributed by atoms with Crippen molar-refractivity contribution < 1.29 is 14.3 Å². The third-order valence-corrected chi connectivity index (χ3v) is 2.06. The van der Waals surface area contributed by atoms with E-state index >= 15 is 0 Å². The van der Waals surface area contributed by atoms with Crippen LogP contribution >= 0.6 is 23.2 Å². The SMILES string of the molecule is NC(=O)COC(=O)c1cnc(Cl)c(Cl)c1. The number of pyridine rings is 1. The van der Waals surface area contributed by atoms with Gasteiger partial charge in [-0.3, -0.25) is 4.79 Å². The standard InChI is InChI=1S/C8H6Cl2N2O3/c9-5-1-4(2-12-7(5)10)8(14)15-3-6(11)13/h1-2H,3H2,(H2,11,13). The zero-order valence-electron chi connectivity index (χ0n) is 7.37. The van der Waals surface area contributed by atoms with Crippen LogP contribution in [-0.4, -0.2) is 23.5 Å². The van der Waals surface area contributed by atoms with Gasteiger partial charge >= 0.3 is 5.97 Å². The fraction of sp³-hybridized carbons (Fsp3) is 0.125. The minimum absolute atomic E-state index is 0.0862. The van der Waals surface area contributed by atoms with Gasteiger partial charge in [0, 0.05) is 6.20 Å². The number of hydrogen-bond acceptors (Lipinski definition) is 4. The third kappa shape index (κ3) is 3.38. The molecule has 0 spiro atoms. The monoisotopic (exact) mass is 248 g/mol. The number of nitrogens with two attached hydrogens (primary N) is 1. The summed E-state index contributed by atoms with van der Waals surface area (Å²) in [5.74, 6) is -1.48. The van der Waals surface area contributed by atoms with Gasteiger partial charge in [0.2, 0.25) is 0 Å². The summed E-state index contributed by atoms with van der Waals surface area (Å²) in [6, 6.07) is 1.29. The number of carbonyl (C=O) groups is 2. The van der Waals surface area contributed by atoms with Crippen molar-refractivity contribution in [3.63, 3.8) is 0 Å². The maximum absolute atomic E-state index is 11.2. The number of nitrogens with zero attached hydrogens (tertiary/aromatic N) is 1. The molecule has 1 aromatic rings. The van der Waals surface area contributed by atoms with Gasteiger partial charge < -0.3 is 10.5 Å². The zero-order valence-corrected chi connectivity index (χ0v) is 8.88. The van der Waals surface area contributed by atoms with Crippen molar-refractivity contribution in [3.05, 3.63) is 28.0 Å². The molecule has 1 amide bonds. The first-order valence-corrected chi connectivity index (χ1v) is 4.53. The van der Waals surface area contributed by atoms with Crippen molar-refractivity contribution in [2.45, 2.75) is 0 Å². The molecule has 0 saturated heterocycles. The second-order valence-corrected chi connectivity index (χ2v) is 3.30. The normalized spacial score (nSPS) is 9.73. The molecule has 0 bridgehead atoms. The summed E-state index contributed by atoms with van der Waals surface area (Å²) >= 11 is 11.2. The molecule has 15 heavy (non-hydrogen) atoms. The van der Waals surface area contributed by atoms with Crippen molar-refractivity contribution >= 4 is 35.1 Å². The van der Waals surface area contributed by atoms with Gasteiger partial charge in [0.1, 0.15) is 5.15 Å². The largest absolute Gasteiger partial charge is 0.452 e. The minimum Gasteiger partial charge on any atom is -0.452 e. The Morgan fingerprint density at radius 3 is 2.67 bits per heavy atom. The highest BCUT2D eigenvalue weighted by Gasteiger charge is 2.11. The quantitative estimate of drug-likeness (QED) is 0.640. The van der Waals surface area contributed by atoms with Gasteiger partial charge in [-0.2, -0.15) is 0 Å². The maximum atomic E-state index is 11.2. The lowest BCUT2D eigenvalue weighted by atomic mass is 10.3. The smallest absolute Gasteiger partial charge is 0.340 e. The van der Waals surface area contributed by atoms with Gasteiger partial charge in [-0.15, -0.1) is 0 Å². The van der Waals surface area contributed by atoms with Crippen LogP contribution in [0.15, 0.2) is 12.3 Å². The third-order valence-electron chi connectivity index (χ3n) is 1.38. The van der Waals surface area contributed by atoms with Gasteiger partial charge in [-0.1, -0.05) is 23.2 Å². The molecular formula is C8H6Cl2N2O3. The zero-order chi connectivity index (χ0) is 11.4. The molecule has 0 aliphatic rings. The molecule has 0 aromatic carbocycles. The predicted molar refractivity (Wildman–Crippen MR) is 53.7 cm³/mol. The molecule has 2 N–H and O–H groups in total. The Hall–Kier alpha value is -1.33. The molecule has 0 aliphatic heterocycles. The lowest BCUT2D eigenvalue weighted by Crippen LogP contribution is -2.21. The van der Waals surface area contributed by atoms with Crippen molar-refractivity contribution in [1.82, 2.24) is 4.98 Å². The van der Waals surface area contributed by atoms with E-state index in [4.69, 9.17) is 28.9 Å². The van der Waals surface area contributed by atoms with Crippen LogP contribution in [0, 0.1) is 0 Å². The molecule has 80 valence electrons. The molecule has 1 aromatic heterocycles. The number of primary amides is 1. The van der Waals surface area contributed by atoms with E-state index in [1.807, 2.05) is 0 Å². The average Bonchev–Trinajstić information content (AvgIpc) is 2.18. The molecule has 7 heteroatoms. The molecule has 0 atom stereocenters. The highest BCUT2D eigenvalue weighted by Crippen LogP contribution is 2.19. The highest BCUT2D eigenvalue weighted by molar-refractivity contribution is 6.41. The Labute approximate surface area is 95.1 Å². The molecule has 1 heterocycles. The molecule has 0 fully saturated rings. The number of ether oxygens (including phenoxy) is 1. The molecular weight excluding hydrogens is 243 g/mol. The molecule has 0 radical (unpaired) electrons. The van der Waals surface area contributed by atoms with Gasteiger partial charge in [0.05, 0.1) is 10.6 Å². The summed E-state index contributed by atoms with van der Waals surface area (Å²) in [5.41, 5.74) is 4.90. The van der Waals surface area contributed by atoms with Crippen LogP contribution in [-0.2, 0) is 9.53 Å². The lowest BCUT2D eigenvalue weighted by molar-refractivity contribution is -0.121. The van der Waals surface area contributed by atoms with Crippen LogP contribution in [0.2, 0.25) is 10.2 Å². The van der Waals surface area contributed by atoms with Crippen molar-refractivity contribution in [1.29, 1.82) is 0 Å². The van der Waals surface area contributed by atoms with E-state index in [1.54, 1.807) is 0 Å². The number of amides is 1. The Bertz CT molecular complexity index is 409. The minimum atomic E-state index is -0.739. The summed E-state index contributed by atoms with van der Waals surface area (Å²) in [4.78, 5) is 25.2. The van der Waals surface area contributed by atoms with Crippen molar-refractivity contribution in [2.75, 3.05) is 6.61 Å². The second kappa shape index (κ2) is 4.95. The Morgan fingerprint density at radius 1 is 1.47 bits per heavy atom. The predicted octanol–water partition coefficient (Wildman–Crippen LogP) is 1.03. The van der Waals surface area contributed by atoms with Crippen LogP contribution in [0.5, 0.6) is 0 Å². The van der Waals surface area contributed by atoms with Crippen LogP contribution in [0.3, 0.4) is 0 Å². The van der Waals surface area contributed by atoms with Gasteiger partial charge in [0.15, 0.2) is 6.61 Å². The number of rotatable bonds is 3. The molecule has 5 nitrogen and oxygen atoms in total. The maximum Gasteiger partial charge on any atom is 0.340 e. The number of halogens is 2. The lowest BCUT2D eigenvalue weighted by Gasteiger charge is -2.02. The summed E-state index contributed by atoms with van der Waals surface area (Å²) in [6.07, 6.45) is 1.19. The highest BCUT2D eigenvalue weighted by atomic mass is 35.5. The van der Waals surface area contributed by atoms with E-state index in [0.717, 1.165) is 0 Å². The summed E-state index contributed by atoms with van der Waals surface area (Å²) in [6.45, 7) is -0.487. The number of carbonyl (C=O) groups excluding carboxylic acids is 2. The van der Waals surface area contributed by atoms with Crippen LogP contribution in [0.1, 0.15) is 10.4 Å². The molecule has 0 unspecified atom stereocenters. The van der Waals surface area contributed by atoms with E-state index < -0.39 is 18.5 Å². The number of esters is 1. The van der Waals surface area contributed by atoms with Gasteiger partial charge in [0.25, 0.3) is 5.91 Å². The summed E-state index contributed by atoms with van der Waals surface area (Å²) in [7, 11) is 0. The van der Waals surface area contributed by atoms with Crippen molar-refractivity contribution in [2.24, 2.45) is 5.73 Å². The van der Waals surface area contributed by atoms with Gasteiger partial charge in [-0.25, -0.2) is 9.78 Å². The van der Waals surface area contributed by atoms with Crippen LogP contribution in [0.4, 0.5) is 0 Å². The Balaban J connectivity index is 2.74. The first-order chi connectivity index (χ1) is 7.00. The average molecular weight is 249 g/mol. The second-order valence-electron chi connectivity index (χ2n) is 2.54. The van der Waals surface area contributed by atoms with E-state index in [2.05, 4.69) is 9.72 Å². The molecule has 1 rings (SSSR count). The van der Waals surface area contributed by atoms with Crippen LogP contribution in [0.25, 0.3) is 0 Å². The summed E-state index contributed by atoms with van der Waals surface area (Å²) < 4.78 is 4.53. The first-order valence-electron chi connectivity index (χ1n) is 3.77. The molecule has 0 aliphatic carbocycles. The van der Waals surface area contributed by atoms with Crippen LogP contribution < -0.4 is 5.73 Å². The van der Waals surface area contributed by atoms with Crippen molar-refractivity contribution in [3.8, 4) is 0 Å². The fourth-order valence-corrected chi connectivity index (χ4v) is 1.02. The van der Waals surface area contributed by atoms with E-state index in [0.29, 0.717) is 0 Å². The fourth-order valence-electron chi connectivity index (χ4n) is 0.753. The van der Waals surface area contributed by atoms with E-state index in [1.165, 1.54) is 12.3 Å².